The summed E-state index contributed by atoms with van der Waals surface area (Å²) in [7, 11) is 0. The Morgan fingerprint density at radius 2 is 1.89 bits per heavy atom. The van der Waals surface area contributed by atoms with Crippen molar-refractivity contribution < 1.29 is 9.47 Å². The van der Waals surface area contributed by atoms with Crippen molar-refractivity contribution in [3.8, 4) is 0 Å². The van der Waals surface area contributed by atoms with Crippen LogP contribution >= 0.6 is 0 Å². The van der Waals surface area contributed by atoms with Crippen molar-refractivity contribution in [2.75, 3.05) is 0 Å². The molecule has 0 radical (unpaired) electrons. The van der Waals surface area contributed by atoms with Crippen molar-refractivity contribution in [2.45, 2.75) is 13.0 Å². The summed E-state index contributed by atoms with van der Waals surface area (Å²) in [6, 6.07) is -1.56. The van der Waals surface area contributed by atoms with Crippen LogP contribution in [0.2, 0.25) is 0 Å². The van der Waals surface area contributed by atoms with Gasteiger partial charge in [0, 0.05) is 0 Å². The van der Waals surface area contributed by atoms with Gasteiger partial charge in [0.2, 0.25) is 5.88 Å². The first-order valence-corrected chi connectivity index (χ1v) is 2.43. The van der Waals surface area contributed by atoms with Crippen LogP contribution in [-0.4, -0.2) is 6.03 Å². The van der Waals surface area contributed by atoms with Crippen LogP contribution in [0.4, 0.5) is 0 Å². The summed E-state index contributed by atoms with van der Waals surface area (Å²) in [5.74, 6) is 0.556. The molecule has 52 valence electrons. The van der Waals surface area contributed by atoms with Gasteiger partial charge in [0.1, 0.15) is 0 Å². The smallest absolute Gasteiger partial charge is 0.377 e. The second-order valence-electron chi connectivity index (χ2n) is 1.85. The molecule has 6 N–H and O–H groups in total. The lowest BCUT2D eigenvalue weighted by molar-refractivity contribution is -0.143. The highest BCUT2D eigenvalue weighted by atomic mass is 16.8. The van der Waals surface area contributed by atoms with E-state index in [1.165, 1.54) is 0 Å². The Morgan fingerprint density at radius 1 is 1.33 bits per heavy atom. The van der Waals surface area contributed by atoms with Gasteiger partial charge in [0.05, 0.1) is 0 Å². The monoisotopic (exact) mass is 131 g/mol. The van der Waals surface area contributed by atoms with E-state index >= 15 is 0 Å². The molecule has 0 amide bonds. The number of rotatable bonds is 0. The molecule has 9 heavy (non-hydrogen) atoms. The van der Waals surface area contributed by atoms with Crippen molar-refractivity contribution in [1.82, 2.24) is 0 Å². The third-order valence-corrected chi connectivity index (χ3v) is 0.929. The molecule has 0 unspecified atom stereocenters. The first-order valence-electron chi connectivity index (χ1n) is 2.43. The van der Waals surface area contributed by atoms with Crippen LogP contribution in [0.1, 0.15) is 6.92 Å². The molecular formula is C4H9N3O2. The summed E-state index contributed by atoms with van der Waals surface area (Å²) in [4.78, 5) is 0. The van der Waals surface area contributed by atoms with Crippen LogP contribution in [0, 0.1) is 0 Å². The lowest BCUT2D eigenvalue weighted by Crippen LogP contribution is -2.51. The summed E-state index contributed by atoms with van der Waals surface area (Å²) in [6.45, 7) is 1.62. The van der Waals surface area contributed by atoms with E-state index in [4.69, 9.17) is 21.9 Å². The molecule has 0 aromatic rings. The Hall–Kier alpha value is -0.940. The molecule has 0 spiro atoms. The molecule has 5 heteroatoms. The van der Waals surface area contributed by atoms with Crippen LogP contribution in [0.15, 0.2) is 11.6 Å². The maximum atomic E-state index is 5.23. The lowest BCUT2D eigenvalue weighted by Gasteiger charge is -2.15. The second-order valence-corrected chi connectivity index (χ2v) is 1.85. The third-order valence-electron chi connectivity index (χ3n) is 0.929. The van der Waals surface area contributed by atoms with Gasteiger partial charge in [-0.2, -0.15) is 0 Å². The summed E-state index contributed by atoms with van der Waals surface area (Å²) in [5.41, 5.74) is 15.6. The predicted octanol–water partition coefficient (Wildman–Crippen LogP) is -1.29. The van der Waals surface area contributed by atoms with Crippen molar-refractivity contribution in [3.63, 3.8) is 0 Å². The highest BCUT2D eigenvalue weighted by Gasteiger charge is 2.32. The van der Waals surface area contributed by atoms with E-state index in [0.717, 1.165) is 0 Å². The number of ether oxygens (including phenoxy) is 2. The minimum atomic E-state index is -1.56. The van der Waals surface area contributed by atoms with Crippen LogP contribution in [0.3, 0.4) is 0 Å². The quantitative estimate of drug-likeness (QED) is 0.355. The second kappa shape index (κ2) is 1.52. The SMILES string of the molecule is CC1=C(N)OC(N)(N)O1. The van der Waals surface area contributed by atoms with Gasteiger partial charge in [0.15, 0.2) is 5.76 Å². The molecule has 0 fully saturated rings. The van der Waals surface area contributed by atoms with Crippen LogP contribution < -0.4 is 17.2 Å². The molecule has 0 atom stereocenters. The predicted molar refractivity (Wildman–Crippen MR) is 30.2 cm³/mol. The normalized spacial score (nSPS) is 23.4. The Labute approximate surface area is 52.4 Å². The first-order chi connectivity index (χ1) is 4.01. The van der Waals surface area contributed by atoms with Crippen molar-refractivity contribution in [3.05, 3.63) is 11.6 Å². The zero-order valence-corrected chi connectivity index (χ0v) is 5.05. The molecule has 1 heterocycles. The van der Waals surface area contributed by atoms with Gasteiger partial charge in [-0.25, -0.2) is 11.5 Å². The third kappa shape index (κ3) is 1.06. The number of allylic oxidation sites excluding steroid dienone is 1. The molecule has 1 aliphatic rings. The fraction of sp³-hybridized carbons (Fsp3) is 0.500. The molecule has 0 aromatic heterocycles. The molecule has 0 saturated heterocycles. The average molecular weight is 131 g/mol. The minimum Gasteiger partial charge on any atom is -0.427 e. The number of nitrogens with two attached hydrogens (primary N) is 3. The van der Waals surface area contributed by atoms with E-state index in [1.54, 1.807) is 6.92 Å². The van der Waals surface area contributed by atoms with Gasteiger partial charge in [-0.3, -0.25) is 0 Å². The maximum absolute atomic E-state index is 5.23. The zero-order chi connectivity index (χ0) is 7.07. The average Bonchev–Trinajstić information content (AvgIpc) is 1.79. The Kier molecular flexibility index (Phi) is 1.04. The van der Waals surface area contributed by atoms with E-state index in [0.29, 0.717) is 5.76 Å². The Bertz CT molecular complexity index is 147. The first kappa shape index (κ1) is 6.18. The van der Waals surface area contributed by atoms with Crippen molar-refractivity contribution in [1.29, 1.82) is 0 Å². The molecule has 0 saturated carbocycles. The maximum Gasteiger partial charge on any atom is 0.377 e. The highest BCUT2D eigenvalue weighted by Crippen LogP contribution is 2.18. The summed E-state index contributed by atoms with van der Waals surface area (Å²) in [6.07, 6.45) is 0. The summed E-state index contributed by atoms with van der Waals surface area (Å²) in [5, 5.41) is 0. The van der Waals surface area contributed by atoms with Crippen molar-refractivity contribution >= 4 is 0 Å². The van der Waals surface area contributed by atoms with E-state index in [-0.39, 0.29) is 5.88 Å². The molecule has 5 nitrogen and oxygen atoms in total. The Balaban J connectivity index is 2.70. The number of hydrogen-bond donors (Lipinski definition) is 3. The standard InChI is InChI=1S/C4H9N3O2/c1-2-3(5)9-4(6,7)8-2/h5-7H2,1H3. The van der Waals surface area contributed by atoms with Gasteiger partial charge in [-0.15, -0.1) is 0 Å². The molecule has 0 aliphatic carbocycles. The molecule has 0 bridgehead atoms. The lowest BCUT2D eigenvalue weighted by atomic mass is 10.6. The fourth-order valence-electron chi connectivity index (χ4n) is 0.554. The number of hydrogen-bond acceptors (Lipinski definition) is 5. The van der Waals surface area contributed by atoms with Gasteiger partial charge < -0.3 is 15.2 Å². The largest absolute Gasteiger partial charge is 0.427 e. The van der Waals surface area contributed by atoms with Gasteiger partial charge in [0.25, 0.3) is 0 Å². The van der Waals surface area contributed by atoms with Gasteiger partial charge in [-0.05, 0) is 6.92 Å². The topological polar surface area (TPSA) is 96.5 Å². The summed E-state index contributed by atoms with van der Waals surface area (Å²) < 4.78 is 9.40. The highest BCUT2D eigenvalue weighted by molar-refractivity contribution is 4.99. The van der Waals surface area contributed by atoms with E-state index in [2.05, 4.69) is 4.74 Å². The molecule has 1 aliphatic heterocycles. The van der Waals surface area contributed by atoms with Gasteiger partial charge in [-0.1, -0.05) is 0 Å². The summed E-state index contributed by atoms with van der Waals surface area (Å²) >= 11 is 0. The minimum absolute atomic E-state index is 0.139. The van der Waals surface area contributed by atoms with Crippen LogP contribution in [0.5, 0.6) is 0 Å². The van der Waals surface area contributed by atoms with Gasteiger partial charge >= 0.3 is 6.03 Å². The van der Waals surface area contributed by atoms with Crippen LogP contribution in [0.25, 0.3) is 0 Å². The van der Waals surface area contributed by atoms with E-state index in [1.807, 2.05) is 0 Å². The Morgan fingerprint density at radius 3 is 2.00 bits per heavy atom. The van der Waals surface area contributed by atoms with Crippen molar-refractivity contribution in [2.24, 2.45) is 17.2 Å². The zero-order valence-electron chi connectivity index (χ0n) is 5.05. The fourth-order valence-corrected chi connectivity index (χ4v) is 0.554. The van der Waals surface area contributed by atoms with E-state index in [9.17, 15) is 0 Å². The molecule has 1 rings (SSSR count). The molecular weight excluding hydrogens is 122 g/mol. The van der Waals surface area contributed by atoms with E-state index < -0.39 is 6.03 Å². The van der Waals surface area contributed by atoms with Crippen LogP contribution in [-0.2, 0) is 9.47 Å². The molecule has 0 aromatic carbocycles.